The molecule has 0 spiro atoms. The molecular weight excluding hydrogens is 186 g/mol. The molecule has 0 saturated heterocycles. The number of alkyl halides is 3. The van der Waals surface area contributed by atoms with Crippen molar-refractivity contribution in [1.29, 1.82) is 0 Å². The smallest absolute Gasteiger partial charge is 0.219 e. The van der Waals surface area contributed by atoms with Gasteiger partial charge in [0, 0.05) is 6.20 Å². The van der Waals surface area contributed by atoms with Crippen LogP contribution in [0, 0.1) is 0 Å². The fourth-order valence-electron chi connectivity index (χ4n) is 0.516. The summed E-state index contributed by atoms with van der Waals surface area (Å²) in [4.78, 5) is 0. The maximum Gasteiger partial charge on any atom is 0.390 e. The summed E-state index contributed by atoms with van der Waals surface area (Å²) in [5, 5.41) is -0.0117. The first-order valence-corrected chi connectivity index (χ1v) is 3.64. The van der Waals surface area contributed by atoms with E-state index in [4.69, 9.17) is 0 Å². The Bertz CT molecular complexity index is 195. The maximum absolute atomic E-state index is 12.5. The molecular formula is C8H11F4N. The number of halogens is 4. The number of hydrogen-bond acceptors (Lipinski definition) is 1. The van der Waals surface area contributed by atoms with Crippen molar-refractivity contribution in [3.63, 3.8) is 0 Å². The van der Waals surface area contributed by atoms with Crippen molar-refractivity contribution >= 4 is 0 Å². The molecule has 0 saturated carbocycles. The van der Waals surface area contributed by atoms with Gasteiger partial charge in [0.05, 0.1) is 13.0 Å². The van der Waals surface area contributed by atoms with Gasteiger partial charge in [-0.1, -0.05) is 12.2 Å². The number of nitrogens with zero attached hydrogens (tertiary/aromatic N) is 1. The topological polar surface area (TPSA) is 3.24 Å². The Morgan fingerprint density at radius 3 is 2.38 bits per heavy atom. The minimum Gasteiger partial charge on any atom is -0.219 e. The molecule has 0 heterocycles. The van der Waals surface area contributed by atoms with E-state index in [9.17, 15) is 17.7 Å². The third-order valence-corrected chi connectivity index (χ3v) is 1.13. The van der Waals surface area contributed by atoms with Gasteiger partial charge in [-0.25, -0.2) is 5.12 Å². The summed E-state index contributed by atoms with van der Waals surface area (Å²) in [7, 11) is 0. The standard InChI is InChI=1S/C8H11F4N/c1-7(2)3-5-13(12)6-4-8(9,10)11/h3,5H,1,4,6H2,2H3/b5-3-. The molecule has 13 heavy (non-hydrogen) atoms. The second-order valence-electron chi connectivity index (χ2n) is 2.65. The van der Waals surface area contributed by atoms with Crippen LogP contribution in [0.5, 0.6) is 0 Å². The van der Waals surface area contributed by atoms with Gasteiger partial charge in [-0.15, -0.1) is 4.48 Å². The molecule has 0 aromatic heterocycles. The van der Waals surface area contributed by atoms with E-state index in [0.717, 1.165) is 6.20 Å². The molecule has 0 fully saturated rings. The van der Waals surface area contributed by atoms with Crippen LogP contribution in [0.4, 0.5) is 17.7 Å². The molecule has 0 aliphatic carbocycles. The van der Waals surface area contributed by atoms with Crippen molar-refractivity contribution in [2.45, 2.75) is 19.5 Å². The fourth-order valence-corrected chi connectivity index (χ4v) is 0.516. The molecule has 0 radical (unpaired) electrons. The lowest BCUT2D eigenvalue weighted by Gasteiger charge is -2.10. The van der Waals surface area contributed by atoms with Crippen LogP contribution in [0.25, 0.3) is 0 Å². The molecule has 76 valence electrons. The van der Waals surface area contributed by atoms with E-state index < -0.39 is 19.1 Å². The van der Waals surface area contributed by atoms with Crippen LogP contribution in [0.3, 0.4) is 0 Å². The molecule has 0 aliphatic heterocycles. The second-order valence-corrected chi connectivity index (χ2v) is 2.65. The summed E-state index contributed by atoms with van der Waals surface area (Å²) in [5.41, 5.74) is 0.578. The quantitative estimate of drug-likeness (QED) is 0.380. The van der Waals surface area contributed by atoms with Crippen LogP contribution in [0.2, 0.25) is 0 Å². The first-order valence-electron chi connectivity index (χ1n) is 3.64. The van der Waals surface area contributed by atoms with Crippen LogP contribution in [0.1, 0.15) is 13.3 Å². The molecule has 0 N–H and O–H groups in total. The molecule has 1 nitrogen and oxygen atoms in total. The highest BCUT2D eigenvalue weighted by Gasteiger charge is 2.27. The SMILES string of the molecule is C=C(C)/C=C\N(F)CCC(F)(F)F. The van der Waals surface area contributed by atoms with Crippen LogP contribution >= 0.6 is 0 Å². The Hall–Kier alpha value is -1.00. The summed E-state index contributed by atoms with van der Waals surface area (Å²) in [5.74, 6) is 0. The van der Waals surface area contributed by atoms with Crippen LogP contribution in [-0.4, -0.2) is 17.8 Å². The molecule has 0 aliphatic rings. The predicted octanol–water partition coefficient (Wildman–Crippen LogP) is 3.22. The lowest BCUT2D eigenvalue weighted by atomic mass is 10.3. The fraction of sp³-hybridized carbons (Fsp3) is 0.500. The zero-order valence-electron chi connectivity index (χ0n) is 7.24. The van der Waals surface area contributed by atoms with E-state index in [1.807, 2.05) is 0 Å². The Kier molecular flexibility index (Phi) is 4.51. The highest BCUT2D eigenvalue weighted by atomic mass is 19.4. The van der Waals surface area contributed by atoms with Crippen LogP contribution in [0.15, 0.2) is 24.4 Å². The van der Waals surface area contributed by atoms with E-state index in [1.54, 1.807) is 6.92 Å². The molecule has 0 atom stereocenters. The molecule has 0 rings (SSSR count). The van der Waals surface area contributed by atoms with Gasteiger partial charge in [-0.2, -0.15) is 13.2 Å². The Morgan fingerprint density at radius 1 is 1.46 bits per heavy atom. The molecule has 0 aromatic rings. The second kappa shape index (κ2) is 4.89. The van der Waals surface area contributed by atoms with E-state index in [1.165, 1.54) is 6.08 Å². The Labute approximate surface area is 74.3 Å². The van der Waals surface area contributed by atoms with Crippen molar-refractivity contribution in [3.8, 4) is 0 Å². The number of hydrogen-bond donors (Lipinski definition) is 0. The summed E-state index contributed by atoms with van der Waals surface area (Å²) < 4.78 is 47.2. The van der Waals surface area contributed by atoms with Gasteiger partial charge in [0.25, 0.3) is 0 Å². The van der Waals surface area contributed by atoms with Gasteiger partial charge in [-0.3, -0.25) is 0 Å². The van der Waals surface area contributed by atoms with Gasteiger partial charge in [0.2, 0.25) is 0 Å². The summed E-state index contributed by atoms with van der Waals surface area (Å²) in [6.45, 7) is 4.37. The van der Waals surface area contributed by atoms with E-state index >= 15 is 0 Å². The van der Waals surface area contributed by atoms with Gasteiger partial charge >= 0.3 is 6.18 Å². The van der Waals surface area contributed by atoms with Crippen molar-refractivity contribution in [2.24, 2.45) is 0 Å². The average molecular weight is 197 g/mol. The summed E-state index contributed by atoms with van der Waals surface area (Å²) >= 11 is 0. The van der Waals surface area contributed by atoms with Crippen molar-refractivity contribution < 1.29 is 17.7 Å². The highest BCUT2D eigenvalue weighted by molar-refractivity contribution is 5.09. The Morgan fingerprint density at radius 2 is 2.00 bits per heavy atom. The predicted molar refractivity (Wildman–Crippen MR) is 42.4 cm³/mol. The van der Waals surface area contributed by atoms with E-state index in [0.29, 0.717) is 5.57 Å². The summed E-state index contributed by atoms with van der Waals surface area (Å²) in [6.07, 6.45) is -3.25. The van der Waals surface area contributed by atoms with Gasteiger partial charge in [-0.05, 0) is 13.0 Å². The molecule has 0 amide bonds. The van der Waals surface area contributed by atoms with Crippen molar-refractivity contribution in [3.05, 3.63) is 24.4 Å². The van der Waals surface area contributed by atoms with Gasteiger partial charge < -0.3 is 0 Å². The third-order valence-electron chi connectivity index (χ3n) is 1.13. The highest BCUT2D eigenvalue weighted by Crippen LogP contribution is 2.19. The first-order chi connectivity index (χ1) is 5.81. The zero-order chi connectivity index (χ0) is 10.5. The van der Waals surface area contributed by atoms with Crippen LogP contribution in [-0.2, 0) is 0 Å². The molecule has 5 heteroatoms. The Balaban J connectivity index is 3.76. The molecule has 0 aromatic carbocycles. The van der Waals surface area contributed by atoms with Crippen LogP contribution < -0.4 is 0 Å². The van der Waals surface area contributed by atoms with Crippen molar-refractivity contribution in [2.75, 3.05) is 6.54 Å². The minimum atomic E-state index is -4.32. The zero-order valence-corrected chi connectivity index (χ0v) is 7.24. The van der Waals surface area contributed by atoms with E-state index in [-0.39, 0.29) is 5.12 Å². The molecule has 0 unspecified atom stereocenters. The largest absolute Gasteiger partial charge is 0.390 e. The molecule has 0 bridgehead atoms. The van der Waals surface area contributed by atoms with E-state index in [2.05, 4.69) is 6.58 Å². The third kappa shape index (κ3) is 8.91. The first kappa shape index (κ1) is 12.0. The minimum absolute atomic E-state index is 0.0117. The monoisotopic (exact) mass is 197 g/mol. The van der Waals surface area contributed by atoms with Gasteiger partial charge in [0.1, 0.15) is 0 Å². The normalized spacial score (nSPS) is 12.1. The summed E-state index contributed by atoms with van der Waals surface area (Å²) in [6, 6.07) is 0. The number of allylic oxidation sites excluding steroid dienone is 2. The lowest BCUT2D eigenvalue weighted by molar-refractivity contribution is -0.142. The van der Waals surface area contributed by atoms with Crippen molar-refractivity contribution in [1.82, 2.24) is 5.12 Å². The lowest BCUT2D eigenvalue weighted by Crippen LogP contribution is -2.17. The number of rotatable bonds is 4. The maximum atomic E-state index is 12.5. The average Bonchev–Trinajstić information content (AvgIpc) is 1.95. The van der Waals surface area contributed by atoms with Gasteiger partial charge in [0.15, 0.2) is 0 Å².